The number of para-hydroxylation sites is 2. The summed E-state index contributed by atoms with van der Waals surface area (Å²) in [7, 11) is 3.09. The average molecular weight is 459 g/mol. The summed E-state index contributed by atoms with van der Waals surface area (Å²) in [6.07, 6.45) is 2.88. The summed E-state index contributed by atoms with van der Waals surface area (Å²) < 4.78 is 10.5. The standard InChI is InChI=1S/C24H31N3O4S/c1-16-8-9-17-20(14-16)32-23(22(17)24(29)31-3)25-21(28)15-26-10-12-27(13-11-26)18-6-4-5-7-19(18)30-2/h4-7,16H,8-15H2,1-3H3,(H,25,28)/p+1/t16-/m0/s1. The number of fused-ring (bicyclic) bond motifs is 1. The number of piperazine rings is 1. The number of hydrogen-bond donors (Lipinski definition) is 2. The molecule has 2 aromatic rings. The van der Waals surface area contributed by atoms with Crippen molar-refractivity contribution in [3.63, 3.8) is 0 Å². The first-order valence-electron chi connectivity index (χ1n) is 11.2. The summed E-state index contributed by atoms with van der Waals surface area (Å²) in [6, 6.07) is 8.04. The number of anilines is 2. The van der Waals surface area contributed by atoms with Gasteiger partial charge in [0.1, 0.15) is 10.8 Å². The predicted molar refractivity (Wildman–Crippen MR) is 126 cm³/mol. The second kappa shape index (κ2) is 9.92. The number of benzene rings is 1. The second-order valence-corrected chi connectivity index (χ2v) is 9.79. The van der Waals surface area contributed by atoms with Crippen molar-refractivity contribution in [3.8, 4) is 5.75 Å². The molecule has 0 saturated carbocycles. The van der Waals surface area contributed by atoms with Crippen LogP contribution >= 0.6 is 11.3 Å². The molecule has 1 aromatic carbocycles. The van der Waals surface area contributed by atoms with Gasteiger partial charge in [0, 0.05) is 4.88 Å². The number of ether oxygens (including phenoxy) is 2. The van der Waals surface area contributed by atoms with E-state index in [0.29, 0.717) is 23.0 Å². The van der Waals surface area contributed by atoms with Crippen LogP contribution in [0.3, 0.4) is 0 Å². The fourth-order valence-corrected chi connectivity index (χ4v) is 6.10. The molecule has 2 aliphatic rings. The minimum absolute atomic E-state index is 0.0532. The van der Waals surface area contributed by atoms with E-state index in [-0.39, 0.29) is 11.9 Å². The van der Waals surface area contributed by atoms with Gasteiger partial charge in [0.25, 0.3) is 5.91 Å². The van der Waals surface area contributed by atoms with Gasteiger partial charge in [-0.25, -0.2) is 4.79 Å². The maximum absolute atomic E-state index is 12.9. The van der Waals surface area contributed by atoms with E-state index in [4.69, 9.17) is 9.47 Å². The maximum atomic E-state index is 12.9. The lowest BCUT2D eigenvalue weighted by atomic mass is 9.88. The Balaban J connectivity index is 1.38. The van der Waals surface area contributed by atoms with E-state index >= 15 is 0 Å². The van der Waals surface area contributed by atoms with Crippen molar-refractivity contribution in [2.24, 2.45) is 5.92 Å². The van der Waals surface area contributed by atoms with Gasteiger partial charge in [-0.3, -0.25) is 4.79 Å². The van der Waals surface area contributed by atoms with Crippen LogP contribution in [0.2, 0.25) is 0 Å². The lowest BCUT2D eigenvalue weighted by molar-refractivity contribution is -0.892. The van der Waals surface area contributed by atoms with Crippen molar-refractivity contribution in [1.29, 1.82) is 0 Å². The van der Waals surface area contributed by atoms with Gasteiger partial charge in [-0.15, -0.1) is 11.3 Å². The molecule has 1 aromatic heterocycles. The van der Waals surface area contributed by atoms with Crippen molar-refractivity contribution >= 4 is 33.9 Å². The van der Waals surface area contributed by atoms with Gasteiger partial charge < -0.3 is 24.6 Å². The quantitative estimate of drug-likeness (QED) is 0.648. The minimum Gasteiger partial charge on any atom is -0.495 e. The third-order valence-electron chi connectivity index (χ3n) is 6.46. The Morgan fingerprint density at radius 1 is 1.22 bits per heavy atom. The van der Waals surface area contributed by atoms with Crippen LogP contribution in [0, 0.1) is 5.92 Å². The molecule has 1 aliphatic carbocycles. The topological polar surface area (TPSA) is 72.3 Å². The number of methoxy groups -OCH3 is 2. The summed E-state index contributed by atoms with van der Waals surface area (Å²) in [4.78, 5) is 30.1. The van der Waals surface area contributed by atoms with Crippen molar-refractivity contribution in [3.05, 3.63) is 40.3 Å². The molecule has 32 heavy (non-hydrogen) atoms. The second-order valence-electron chi connectivity index (χ2n) is 8.68. The number of hydrogen-bond acceptors (Lipinski definition) is 6. The van der Waals surface area contributed by atoms with Crippen molar-refractivity contribution in [2.75, 3.05) is 57.2 Å². The molecule has 1 amide bonds. The van der Waals surface area contributed by atoms with Gasteiger partial charge in [-0.05, 0) is 42.9 Å². The molecular weight excluding hydrogens is 426 g/mol. The van der Waals surface area contributed by atoms with E-state index in [2.05, 4.69) is 23.2 Å². The first-order valence-corrected chi connectivity index (χ1v) is 12.1. The third kappa shape index (κ3) is 4.76. The molecule has 8 heteroatoms. The summed E-state index contributed by atoms with van der Waals surface area (Å²) in [5.41, 5.74) is 2.72. The zero-order chi connectivity index (χ0) is 22.7. The predicted octanol–water partition coefficient (Wildman–Crippen LogP) is 2.01. The smallest absolute Gasteiger partial charge is 0.341 e. The van der Waals surface area contributed by atoms with E-state index in [1.807, 2.05) is 18.2 Å². The number of nitrogens with one attached hydrogen (secondary N) is 2. The number of carbonyl (C=O) groups is 2. The molecule has 0 spiro atoms. The van der Waals surface area contributed by atoms with Crippen LogP contribution < -0.4 is 19.9 Å². The molecular formula is C24H32N3O4S+. The Morgan fingerprint density at radius 3 is 2.69 bits per heavy atom. The fourth-order valence-electron chi connectivity index (χ4n) is 4.69. The zero-order valence-electron chi connectivity index (χ0n) is 19.0. The highest BCUT2D eigenvalue weighted by Gasteiger charge is 2.30. The molecule has 0 unspecified atom stereocenters. The molecule has 1 saturated heterocycles. The fraction of sp³-hybridized carbons (Fsp3) is 0.500. The molecule has 1 atom stereocenters. The average Bonchev–Trinajstić information content (AvgIpc) is 3.15. The van der Waals surface area contributed by atoms with E-state index in [0.717, 1.165) is 62.4 Å². The minimum atomic E-state index is -0.356. The lowest BCUT2D eigenvalue weighted by Gasteiger charge is -2.34. The number of nitrogens with zero attached hydrogens (tertiary/aromatic N) is 1. The van der Waals surface area contributed by atoms with Gasteiger partial charge >= 0.3 is 5.97 Å². The molecule has 2 N–H and O–H groups in total. The van der Waals surface area contributed by atoms with Crippen molar-refractivity contribution in [1.82, 2.24) is 0 Å². The third-order valence-corrected chi connectivity index (χ3v) is 7.63. The highest BCUT2D eigenvalue weighted by atomic mass is 32.1. The van der Waals surface area contributed by atoms with Crippen LogP contribution in [0.15, 0.2) is 24.3 Å². The van der Waals surface area contributed by atoms with E-state index in [9.17, 15) is 9.59 Å². The number of quaternary nitrogens is 1. The molecule has 172 valence electrons. The van der Waals surface area contributed by atoms with Crippen LogP contribution in [-0.4, -0.2) is 58.8 Å². The Labute approximate surface area is 193 Å². The summed E-state index contributed by atoms with van der Waals surface area (Å²) in [5.74, 6) is 1.06. The monoisotopic (exact) mass is 458 g/mol. The molecule has 1 fully saturated rings. The number of rotatable bonds is 6. The first kappa shape index (κ1) is 22.6. The van der Waals surface area contributed by atoms with Crippen molar-refractivity contribution < 1.29 is 24.0 Å². The Kier molecular flexibility index (Phi) is 7.01. The molecule has 0 radical (unpaired) electrons. The SMILES string of the molecule is COC(=O)c1c(NC(=O)C[NH+]2CCN(c3ccccc3OC)CC2)sc2c1CC[C@H](C)C2. The van der Waals surface area contributed by atoms with Gasteiger partial charge in [0.05, 0.1) is 51.6 Å². The van der Waals surface area contributed by atoms with Gasteiger partial charge in [-0.2, -0.15) is 0 Å². The number of esters is 1. The van der Waals surface area contributed by atoms with E-state index < -0.39 is 0 Å². The number of amides is 1. The summed E-state index contributed by atoms with van der Waals surface area (Å²) in [5, 5.41) is 3.68. The van der Waals surface area contributed by atoms with Gasteiger partial charge in [-0.1, -0.05) is 19.1 Å². The van der Waals surface area contributed by atoms with Crippen LogP contribution in [0.4, 0.5) is 10.7 Å². The molecule has 2 heterocycles. The zero-order valence-corrected chi connectivity index (χ0v) is 19.8. The molecule has 1 aliphatic heterocycles. The first-order chi connectivity index (χ1) is 15.5. The van der Waals surface area contributed by atoms with Gasteiger partial charge in [0.15, 0.2) is 6.54 Å². The highest BCUT2D eigenvalue weighted by Crippen LogP contribution is 2.40. The highest BCUT2D eigenvalue weighted by molar-refractivity contribution is 7.17. The molecule has 0 bridgehead atoms. The lowest BCUT2D eigenvalue weighted by Crippen LogP contribution is -3.15. The van der Waals surface area contributed by atoms with Crippen LogP contribution in [0.25, 0.3) is 0 Å². The molecule has 4 rings (SSSR count). The summed E-state index contributed by atoms with van der Waals surface area (Å²) >= 11 is 1.54. The Bertz CT molecular complexity index is 982. The van der Waals surface area contributed by atoms with Crippen LogP contribution in [-0.2, 0) is 22.4 Å². The van der Waals surface area contributed by atoms with E-state index in [1.165, 1.54) is 28.2 Å². The number of carbonyl (C=O) groups excluding carboxylic acids is 2. The maximum Gasteiger partial charge on any atom is 0.341 e. The largest absolute Gasteiger partial charge is 0.495 e. The van der Waals surface area contributed by atoms with E-state index in [1.54, 1.807) is 7.11 Å². The van der Waals surface area contributed by atoms with Crippen LogP contribution in [0.1, 0.15) is 34.1 Å². The van der Waals surface area contributed by atoms with Crippen molar-refractivity contribution in [2.45, 2.75) is 26.2 Å². The Morgan fingerprint density at radius 2 is 1.97 bits per heavy atom. The number of thiophene rings is 1. The van der Waals surface area contributed by atoms with Crippen LogP contribution in [0.5, 0.6) is 5.75 Å². The Hall–Kier alpha value is -2.58. The van der Waals surface area contributed by atoms with Gasteiger partial charge in [0.2, 0.25) is 0 Å². The summed E-state index contributed by atoms with van der Waals surface area (Å²) in [6.45, 7) is 6.08. The normalized spacial score (nSPS) is 18.7. The molecule has 7 nitrogen and oxygen atoms in total.